The number of hydrogen-bond donors (Lipinski definition) is 0. The standard InChI is InChI=1S/C20H20FN3O2S/c1-12-18(13(2)25)9-16(10-22)19(23-12)27-14(3)20(26)24(4)11-15-6-5-7-17(21)8-15/h5-9,14H,11H2,1-4H3. The Kier molecular flexibility index (Phi) is 6.70. The lowest BCUT2D eigenvalue weighted by Gasteiger charge is -2.21. The Bertz CT molecular complexity index is 924. The van der Waals surface area contributed by atoms with Gasteiger partial charge in [0.2, 0.25) is 5.91 Å². The molecule has 1 unspecified atom stereocenters. The van der Waals surface area contributed by atoms with E-state index >= 15 is 0 Å². The van der Waals surface area contributed by atoms with Crippen LogP contribution in [-0.2, 0) is 11.3 Å². The van der Waals surface area contributed by atoms with E-state index in [-0.39, 0.29) is 29.6 Å². The number of aryl methyl sites for hydroxylation is 1. The molecule has 1 atom stereocenters. The molecule has 1 aromatic heterocycles. The van der Waals surface area contributed by atoms with Gasteiger partial charge in [-0.05, 0) is 44.5 Å². The van der Waals surface area contributed by atoms with Crippen molar-refractivity contribution < 1.29 is 14.0 Å². The van der Waals surface area contributed by atoms with Gasteiger partial charge in [0.15, 0.2) is 5.78 Å². The maximum Gasteiger partial charge on any atom is 0.235 e. The molecule has 7 heteroatoms. The molecule has 0 aliphatic heterocycles. The minimum absolute atomic E-state index is 0.160. The van der Waals surface area contributed by atoms with E-state index in [1.807, 2.05) is 6.07 Å². The Balaban J connectivity index is 2.15. The summed E-state index contributed by atoms with van der Waals surface area (Å²) in [4.78, 5) is 30.1. The van der Waals surface area contributed by atoms with Crippen LogP contribution < -0.4 is 0 Å². The van der Waals surface area contributed by atoms with Gasteiger partial charge in [-0.15, -0.1) is 0 Å². The van der Waals surface area contributed by atoms with Gasteiger partial charge in [-0.2, -0.15) is 5.26 Å². The second-order valence-electron chi connectivity index (χ2n) is 6.23. The number of pyridine rings is 1. The molecule has 27 heavy (non-hydrogen) atoms. The minimum Gasteiger partial charge on any atom is -0.340 e. The lowest BCUT2D eigenvalue weighted by atomic mass is 10.1. The largest absolute Gasteiger partial charge is 0.340 e. The first-order valence-electron chi connectivity index (χ1n) is 8.31. The normalized spacial score (nSPS) is 11.6. The zero-order valence-electron chi connectivity index (χ0n) is 15.6. The van der Waals surface area contributed by atoms with E-state index in [1.54, 1.807) is 33.0 Å². The number of halogens is 1. The number of aromatic nitrogens is 1. The number of rotatable bonds is 6. The second kappa shape index (κ2) is 8.78. The fourth-order valence-corrected chi connectivity index (χ4v) is 3.66. The van der Waals surface area contributed by atoms with Crippen LogP contribution in [0.2, 0.25) is 0 Å². The average Bonchev–Trinajstić information content (AvgIpc) is 2.60. The average molecular weight is 385 g/mol. The second-order valence-corrected chi connectivity index (χ2v) is 7.56. The van der Waals surface area contributed by atoms with Crippen molar-refractivity contribution in [2.75, 3.05) is 7.05 Å². The van der Waals surface area contributed by atoms with Crippen LogP contribution in [0.5, 0.6) is 0 Å². The summed E-state index contributed by atoms with van der Waals surface area (Å²) >= 11 is 1.17. The van der Waals surface area contributed by atoms with E-state index < -0.39 is 5.25 Å². The molecule has 0 saturated carbocycles. The highest BCUT2D eigenvalue weighted by molar-refractivity contribution is 8.00. The first-order chi connectivity index (χ1) is 12.7. The third kappa shape index (κ3) is 5.14. The van der Waals surface area contributed by atoms with Gasteiger partial charge in [0.05, 0.1) is 10.8 Å². The fourth-order valence-electron chi connectivity index (χ4n) is 2.62. The van der Waals surface area contributed by atoms with Gasteiger partial charge in [0.1, 0.15) is 16.9 Å². The highest BCUT2D eigenvalue weighted by Crippen LogP contribution is 2.28. The van der Waals surface area contributed by atoms with Crippen molar-refractivity contribution in [3.8, 4) is 6.07 Å². The van der Waals surface area contributed by atoms with Crippen LogP contribution in [-0.4, -0.2) is 33.9 Å². The number of nitrogens with zero attached hydrogens (tertiary/aromatic N) is 3. The van der Waals surface area contributed by atoms with Gasteiger partial charge >= 0.3 is 0 Å². The molecule has 0 saturated heterocycles. The molecule has 1 heterocycles. The van der Waals surface area contributed by atoms with E-state index in [9.17, 15) is 19.2 Å². The van der Waals surface area contributed by atoms with Crippen molar-refractivity contribution in [3.05, 3.63) is 58.5 Å². The summed E-state index contributed by atoms with van der Waals surface area (Å²) in [6, 6.07) is 9.65. The van der Waals surface area contributed by atoms with Gasteiger partial charge in [-0.1, -0.05) is 23.9 Å². The van der Waals surface area contributed by atoms with Crippen molar-refractivity contribution in [2.24, 2.45) is 0 Å². The lowest BCUT2D eigenvalue weighted by Crippen LogP contribution is -2.32. The zero-order chi connectivity index (χ0) is 20.1. The molecule has 0 spiro atoms. The van der Waals surface area contributed by atoms with Crippen LogP contribution in [0.25, 0.3) is 0 Å². The van der Waals surface area contributed by atoms with E-state index in [2.05, 4.69) is 4.98 Å². The van der Waals surface area contributed by atoms with Crippen molar-refractivity contribution in [1.82, 2.24) is 9.88 Å². The fraction of sp³-hybridized carbons (Fsp3) is 0.300. The number of amides is 1. The number of hydrogen-bond acceptors (Lipinski definition) is 5. The highest BCUT2D eigenvalue weighted by atomic mass is 32.2. The number of Topliss-reactive ketones (excluding diaryl/α,β-unsaturated/α-hetero) is 1. The molecular formula is C20H20FN3O2S. The van der Waals surface area contributed by atoms with Gasteiger partial charge in [0.25, 0.3) is 0 Å². The molecule has 0 aliphatic rings. The summed E-state index contributed by atoms with van der Waals surface area (Å²) in [5.41, 5.74) is 1.89. The van der Waals surface area contributed by atoms with Crippen LogP contribution in [0.1, 0.15) is 41.0 Å². The summed E-state index contributed by atoms with van der Waals surface area (Å²) in [6.07, 6.45) is 0. The van der Waals surface area contributed by atoms with Crippen molar-refractivity contribution >= 4 is 23.5 Å². The number of carbonyl (C=O) groups is 2. The Morgan fingerprint density at radius 1 is 1.37 bits per heavy atom. The van der Waals surface area contributed by atoms with E-state index in [4.69, 9.17) is 0 Å². The third-order valence-electron chi connectivity index (χ3n) is 4.00. The number of ketones is 1. The summed E-state index contributed by atoms with van der Waals surface area (Å²) in [5, 5.41) is 9.27. The molecule has 0 bridgehead atoms. The lowest BCUT2D eigenvalue weighted by molar-refractivity contribution is -0.129. The molecule has 0 aliphatic carbocycles. The number of carbonyl (C=O) groups excluding carboxylic acids is 2. The molecule has 140 valence electrons. The molecule has 2 aromatic rings. The van der Waals surface area contributed by atoms with Gasteiger partial charge in [-0.25, -0.2) is 9.37 Å². The molecular weight excluding hydrogens is 365 g/mol. The SMILES string of the molecule is CC(=O)c1cc(C#N)c(SC(C)C(=O)N(C)Cc2cccc(F)c2)nc1C. The van der Waals surface area contributed by atoms with Crippen LogP contribution in [0.3, 0.4) is 0 Å². The van der Waals surface area contributed by atoms with Crippen LogP contribution >= 0.6 is 11.8 Å². The Hall–Kier alpha value is -2.72. The van der Waals surface area contributed by atoms with E-state index in [1.165, 1.54) is 41.8 Å². The summed E-state index contributed by atoms with van der Waals surface area (Å²) in [5.74, 6) is -0.671. The molecule has 1 aromatic carbocycles. The van der Waals surface area contributed by atoms with Gasteiger partial charge < -0.3 is 4.90 Å². The van der Waals surface area contributed by atoms with Crippen LogP contribution in [0, 0.1) is 24.1 Å². The number of nitriles is 1. The first-order valence-corrected chi connectivity index (χ1v) is 9.19. The predicted octanol–water partition coefficient (Wildman–Crippen LogP) is 3.74. The Morgan fingerprint density at radius 3 is 2.67 bits per heavy atom. The molecule has 1 amide bonds. The number of benzene rings is 1. The number of thioether (sulfide) groups is 1. The van der Waals surface area contributed by atoms with Gasteiger partial charge in [-0.3, -0.25) is 9.59 Å². The first kappa shape index (κ1) is 20.6. The Labute approximate surface area is 162 Å². The van der Waals surface area contributed by atoms with Crippen molar-refractivity contribution in [2.45, 2.75) is 37.6 Å². The topological polar surface area (TPSA) is 74.1 Å². The molecule has 5 nitrogen and oxygen atoms in total. The zero-order valence-corrected chi connectivity index (χ0v) is 16.4. The summed E-state index contributed by atoms with van der Waals surface area (Å²) in [6.45, 7) is 5.13. The van der Waals surface area contributed by atoms with Gasteiger partial charge in [0, 0.05) is 24.8 Å². The third-order valence-corrected chi connectivity index (χ3v) is 5.09. The highest BCUT2D eigenvalue weighted by Gasteiger charge is 2.22. The van der Waals surface area contributed by atoms with Crippen LogP contribution in [0.15, 0.2) is 35.4 Å². The minimum atomic E-state index is -0.495. The predicted molar refractivity (Wildman–Crippen MR) is 102 cm³/mol. The van der Waals surface area contributed by atoms with Crippen LogP contribution in [0.4, 0.5) is 4.39 Å². The van der Waals surface area contributed by atoms with Crippen molar-refractivity contribution in [1.29, 1.82) is 5.26 Å². The summed E-state index contributed by atoms with van der Waals surface area (Å²) in [7, 11) is 1.65. The van der Waals surface area contributed by atoms with Crippen molar-refractivity contribution in [3.63, 3.8) is 0 Å². The maximum atomic E-state index is 13.3. The maximum absolute atomic E-state index is 13.3. The smallest absolute Gasteiger partial charge is 0.235 e. The monoisotopic (exact) mass is 385 g/mol. The molecule has 2 rings (SSSR count). The quantitative estimate of drug-likeness (QED) is 0.559. The van der Waals surface area contributed by atoms with E-state index in [0.717, 1.165) is 0 Å². The molecule has 0 radical (unpaired) electrons. The molecule has 0 N–H and O–H groups in total. The molecule has 0 fully saturated rings. The van der Waals surface area contributed by atoms with E-state index in [0.29, 0.717) is 21.8 Å². The Morgan fingerprint density at radius 2 is 2.07 bits per heavy atom. The summed E-state index contributed by atoms with van der Waals surface area (Å²) < 4.78 is 13.3.